The highest BCUT2D eigenvalue weighted by Crippen LogP contribution is 2.26. The monoisotopic (exact) mass is 236 g/mol. The van der Waals surface area contributed by atoms with Crippen LogP contribution in [0.1, 0.15) is 37.4 Å². The van der Waals surface area contributed by atoms with Gasteiger partial charge in [0.2, 0.25) is 5.91 Å². The minimum absolute atomic E-state index is 0.0261. The van der Waals surface area contributed by atoms with Crippen molar-refractivity contribution >= 4 is 5.91 Å². The summed E-state index contributed by atoms with van der Waals surface area (Å²) in [5.41, 5.74) is 1.18. The normalized spacial score (nSPS) is 18.9. The van der Waals surface area contributed by atoms with Gasteiger partial charge in [-0.05, 0) is 32.9 Å². The highest BCUT2D eigenvalue weighted by molar-refractivity contribution is 5.79. The number of hydrogen-bond acceptors (Lipinski definition) is 3. The molecule has 17 heavy (non-hydrogen) atoms. The topological polar surface area (TPSA) is 59.0 Å². The molecule has 0 spiro atoms. The zero-order chi connectivity index (χ0) is 12.3. The van der Waals surface area contributed by atoms with Crippen molar-refractivity contribution in [2.45, 2.75) is 31.7 Å². The summed E-state index contributed by atoms with van der Waals surface area (Å²) < 4.78 is 1.99. The Morgan fingerprint density at radius 3 is 2.94 bits per heavy atom. The number of nitrogens with one attached hydrogen (secondary N) is 2. The van der Waals surface area contributed by atoms with Gasteiger partial charge in [-0.3, -0.25) is 4.79 Å². The van der Waals surface area contributed by atoms with Gasteiger partial charge in [0.1, 0.15) is 6.04 Å². The second-order valence-electron chi connectivity index (χ2n) is 4.54. The molecule has 1 aliphatic heterocycles. The van der Waals surface area contributed by atoms with Gasteiger partial charge in [0.15, 0.2) is 0 Å². The third kappa shape index (κ3) is 2.49. The number of nitrogens with zero attached hydrogens (tertiary/aromatic N) is 2. The number of imidazole rings is 1. The van der Waals surface area contributed by atoms with Gasteiger partial charge in [0, 0.05) is 24.9 Å². The summed E-state index contributed by atoms with van der Waals surface area (Å²) in [6, 6.07) is -0.188. The van der Waals surface area contributed by atoms with Crippen LogP contribution in [0.2, 0.25) is 0 Å². The molecule has 5 heteroatoms. The van der Waals surface area contributed by atoms with E-state index in [1.54, 1.807) is 13.4 Å². The molecule has 0 aliphatic carbocycles. The summed E-state index contributed by atoms with van der Waals surface area (Å²) in [7, 11) is 1.67. The van der Waals surface area contributed by atoms with E-state index < -0.39 is 0 Å². The molecular formula is C12H20N4O. The molecule has 0 aromatic carbocycles. The van der Waals surface area contributed by atoms with Gasteiger partial charge in [0.05, 0.1) is 6.33 Å². The number of carbonyl (C=O) groups is 1. The molecule has 2 rings (SSSR count). The van der Waals surface area contributed by atoms with Crippen LogP contribution < -0.4 is 10.6 Å². The van der Waals surface area contributed by atoms with Crippen molar-refractivity contribution in [2.75, 3.05) is 20.1 Å². The Balaban J connectivity index is 2.18. The first-order chi connectivity index (χ1) is 8.24. The fraction of sp³-hybridized carbons (Fsp3) is 0.667. The predicted molar refractivity (Wildman–Crippen MR) is 65.8 cm³/mol. The lowest BCUT2D eigenvalue weighted by atomic mass is 9.94. The summed E-state index contributed by atoms with van der Waals surface area (Å²) in [6.45, 7) is 4.00. The maximum atomic E-state index is 11.7. The third-order valence-electron chi connectivity index (χ3n) is 3.50. The molecule has 1 aliphatic rings. The first-order valence-electron chi connectivity index (χ1n) is 6.18. The van der Waals surface area contributed by atoms with Crippen molar-refractivity contribution < 1.29 is 4.79 Å². The molecule has 2 heterocycles. The molecule has 1 aromatic heterocycles. The maximum absolute atomic E-state index is 11.7. The van der Waals surface area contributed by atoms with Crippen molar-refractivity contribution in [1.82, 2.24) is 20.2 Å². The summed E-state index contributed by atoms with van der Waals surface area (Å²) in [4.78, 5) is 15.9. The van der Waals surface area contributed by atoms with E-state index in [4.69, 9.17) is 0 Å². The van der Waals surface area contributed by atoms with E-state index in [1.165, 1.54) is 5.69 Å². The fourth-order valence-corrected chi connectivity index (χ4v) is 2.41. The molecule has 1 unspecified atom stereocenters. The molecule has 0 saturated carbocycles. The average molecular weight is 236 g/mol. The number of rotatable bonds is 3. The van der Waals surface area contributed by atoms with Crippen molar-refractivity contribution in [2.24, 2.45) is 0 Å². The van der Waals surface area contributed by atoms with E-state index in [2.05, 4.69) is 15.6 Å². The average Bonchev–Trinajstić information content (AvgIpc) is 2.87. The van der Waals surface area contributed by atoms with Gasteiger partial charge in [-0.2, -0.15) is 0 Å². The van der Waals surface area contributed by atoms with Crippen LogP contribution in [0, 0.1) is 0 Å². The molecule has 94 valence electrons. The SMILES string of the molecule is CNC(=O)C(C)n1cncc1C1CCNCC1. The molecule has 1 fully saturated rings. The van der Waals surface area contributed by atoms with Crippen molar-refractivity contribution in [1.29, 1.82) is 0 Å². The van der Waals surface area contributed by atoms with Gasteiger partial charge in [-0.15, -0.1) is 0 Å². The minimum atomic E-state index is -0.188. The van der Waals surface area contributed by atoms with Crippen LogP contribution in [-0.4, -0.2) is 35.6 Å². The van der Waals surface area contributed by atoms with E-state index in [0.717, 1.165) is 25.9 Å². The fourth-order valence-electron chi connectivity index (χ4n) is 2.41. The largest absolute Gasteiger partial charge is 0.357 e. The molecule has 1 aromatic rings. The standard InChI is InChI=1S/C12H20N4O/c1-9(12(17)13-2)16-8-15-7-11(16)10-3-5-14-6-4-10/h7-10,14H,3-6H2,1-2H3,(H,13,17). The van der Waals surface area contributed by atoms with E-state index in [0.29, 0.717) is 5.92 Å². The van der Waals surface area contributed by atoms with Crippen LogP contribution in [0.5, 0.6) is 0 Å². The van der Waals surface area contributed by atoms with Crippen LogP contribution in [0.15, 0.2) is 12.5 Å². The third-order valence-corrected chi connectivity index (χ3v) is 3.50. The second kappa shape index (κ2) is 5.31. The van der Waals surface area contributed by atoms with Crippen LogP contribution in [-0.2, 0) is 4.79 Å². The van der Waals surface area contributed by atoms with E-state index >= 15 is 0 Å². The number of likely N-dealkylation sites (N-methyl/N-ethyl adjacent to an activating group) is 1. The first kappa shape index (κ1) is 12.1. The molecule has 0 bridgehead atoms. The Morgan fingerprint density at radius 1 is 1.59 bits per heavy atom. The molecule has 1 saturated heterocycles. The number of carbonyl (C=O) groups excluding carboxylic acids is 1. The highest BCUT2D eigenvalue weighted by Gasteiger charge is 2.22. The molecule has 0 radical (unpaired) electrons. The Hall–Kier alpha value is -1.36. The smallest absolute Gasteiger partial charge is 0.242 e. The molecule has 1 atom stereocenters. The zero-order valence-electron chi connectivity index (χ0n) is 10.4. The van der Waals surface area contributed by atoms with Crippen molar-refractivity contribution in [3.63, 3.8) is 0 Å². The van der Waals surface area contributed by atoms with Gasteiger partial charge >= 0.3 is 0 Å². The number of hydrogen-bond donors (Lipinski definition) is 2. The summed E-state index contributed by atoms with van der Waals surface area (Å²) in [6.07, 6.45) is 5.89. The van der Waals surface area contributed by atoms with Gasteiger partial charge < -0.3 is 15.2 Å². The van der Waals surface area contributed by atoms with E-state index in [-0.39, 0.29) is 11.9 Å². The van der Waals surface area contributed by atoms with E-state index in [9.17, 15) is 4.79 Å². The quantitative estimate of drug-likeness (QED) is 0.810. The van der Waals surface area contributed by atoms with Crippen LogP contribution in [0.4, 0.5) is 0 Å². The van der Waals surface area contributed by atoms with Crippen LogP contribution >= 0.6 is 0 Å². The van der Waals surface area contributed by atoms with Crippen LogP contribution in [0.25, 0.3) is 0 Å². The Bertz CT molecular complexity index is 382. The van der Waals surface area contributed by atoms with E-state index in [1.807, 2.05) is 17.7 Å². The van der Waals surface area contributed by atoms with Crippen molar-refractivity contribution in [3.05, 3.63) is 18.2 Å². The number of aromatic nitrogens is 2. The molecule has 1 amide bonds. The lowest BCUT2D eigenvalue weighted by molar-refractivity contribution is -0.123. The van der Waals surface area contributed by atoms with Crippen LogP contribution in [0.3, 0.4) is 0 Å². The highest BCUT2D eigenvalue weighted by atomic mass is 16.2. The van der Waals surface area contributed by atoms with Gasteiger partial charge in [-0.25, -0.2) is 4.98 Å². The maximum Gasteiger partial charge on any atom is 0.242 e. The first-order valence-corrected chi connectivity index (χ1v) is 6.18. The summed E-state index contributed by atoms with van der Waals surface area (Å²) in [5.74, 6) is 0.545. The Labute approximate surface area is 102 Å². The summed E-state index contributed by atoms with van der Waals surface area (Å²) in [5, 5.41) is 6.03. The number of amides is 1. The molecule has 2 N–H and O–H groups in total. The zero-order valence-corrected chi connectivity index (χ0v) is 10.4. The Kier molecular flexibility index (Phi) is 3.78. The molecular weight excluding hydrogens is 216 g/mol. The van der Waals surface area contributed by atoms with Crippen molar-refractivity contribution in [3.8, 4) is 0 Å². The minimum Gasteiger partial charge on any atom is -0.357 e. The Morgan fingerprint density at radius 2 is 2.29 bits per heavy atom. The number of piperidine rings is 1. The summed E-state index contributed by atoms with van der Waals surface area (Å²) >= 11 is 0. The van der Waals surface area contributed by atoms with Gasteiger partial charge in [0.25, 0.3) is 0 Å². The lowest BCUT2D eigenvalue weighted by Gasteiger charge is -2.25. The van der Waals surface area contributed by atoms with Gasteiger partial charge in [-0.1, -0.05) is 0 Å². The molecule has 5 nitrogen and oxygen atoms in total. The predicted octanol–water partition coefficient (Wildman–Crippen LogP) is 0.657. The second-order valence-corrected chi connectivity index (χ2v) is 4.54. The lowest BCUT2D eigenvalue weighted by Crippen LogP contribution is -2.31.